The number of nitrogens with one attached hydrogen (secondary N) is 2. The van der Waals surface area contributed by atoms with Gasteiger partial charge in [-0.2, -0.15) is 0 Å². The number of nitrogens with zero attached hydrogens (tertiary/aromatic N) is 1. The molecule has 1 aromatic heterocycles. The van der Waals surface area contributed by atoms with Gasteiger partial charge < -0.3 is 20.1 Å². The van der Waals surface area contributed by atoms with E-state index < -0.39 is 0 Å². The lowest BCUT2D eigenvalue weighted by atomic mass is 9.97. The highest BCUT2D eigenvalue weighted by atomic mass is 32.1. The number of urea groups is 1. The molecule has 2 atom stereocenters. The van der Waals surface area contributed by atoms with Crippen molar-refractivity contribution in [2.24, 2.45) is 5.92 Å². The van der Waals surface area contributed by atoms with E-state index in [-0.39, 0.29) is 18.1 Å². The molecule has 1 fully saturated rings. The molecule has 0 aliphatic carbocycles. The minimum Gasteiger partial charge on any atom is -0.493 e. The topological polar surface area (TPSA) is 62.8 Å². The summed E-state index contributed by atoms with van der Waals surface area (Å²) in [6.45, 7) is 7.03. The Morgan fingerprint density at radius 1 is 1.20 bits per heavy atom. The smallest absolute Gasteiger partial charge is 0.315 e. The fraction of sp³-hybridized carbons (Fsp3) is 0.522. The molecule has 30 heavy (non-hydrogen) atoms. The Balaban J connectivity index is 1.59. The standard InChI is InChI=1S/C23H33N3O3S/c1-16-9-11-26(12-10-16)19(22-6-5-13-30-22)15-24-23(27)25-17(2)18-7-8-20(28-3)21(14-18)29-4/h5-8,13-14,16-17,19H,9-12,15H2,1-4H3,(H2,24,25,27). The maximum absolute atomic E-state index is 12.6. The quantitative estimate of drug-likeness (QED) is 0.641. The van der Waals surface area contributed by atoms with Crippen LogP contribution in [0, 0.1) is 5.92 Å². The van der Waals surface area contributed by atoms with Crippen LogP contribution < -0.4 is 20.1 Å². The van der Waals surface area contributed by atoms with Gasteiger partial charge in [0.25, 0.3) is 0 Å². The van der Waals surface area contributed by atoms with Gasteiger partial charge in [-0.1, -0.05) is 19.1 Å². The zero-order valence-corrected chi connectivity index (χ0v) is 19.1. The maximum atomic E-state index is 12.6. The number of ether oxygens (including phenoxy) is 2. The first-order valence-electron chi connectivity index (χ1n) is 10.6. The molecule has 2 aromatic rings. The molecule has 2 N–H and O–H groups in total. The monoisotopic (exact) mass is 431 g/mol. The summed E-state index contributed by atoms with van der Waals surface area (Å²) in [7, 11) is 3.22. The number of rotatable bonds is 8. The number of carbonyl (C=O) groups excluding carboxylic acids is 1. The second-order valence-corrected chi connectivity index (χ2v) is 8.92. The Hall–Kier alpha value is -2.25. The number of amides is 2. The molecular formula is C23H33N3O3S. The first-order valence-corrected chi connectivity index (χ1v) is 11.4. The van der Waals surface area contributed by atoms with E-state index in [0.29, 0.717) is 18.0 Å². The fourth-order valence-corrected chi connectivity index (χ4v) is 4.73. The van der Waals surface area contributed by atoms with Gasteiger partial charge in [-0.25, -0.2) is 4.79 Å². The number of benzene rings is 1. The summed E-state index contributed by atoms with van der Waals surface area (Å²) in [6, 6.07) is 9.85. The molecule has 3 rings (SSSR count). The number of carbonyl (C=O) groups is 1. The second-order valence-electron chi connectivity index (χ2n) is 7.94. The highest BCUT2D eigenvalue weighted by molar-refractivity contribution is 7.10. The Labute approximate surface area is 183 Å². The number of hydrogen-bond acceptors (Lipinski definition) is 5. The molecule has 6 nitrogen and oxygen atoms in total. The van der Waals surface area contributed by atoms with E-state index in [2.05, 4.69) is 40.0 Å². The van der Waals surface area contributed by atoms with Gasteiger partial charge in [-0.05, 0) is 67.9 Å². The first kappa shape index (κ1) is 22.4. The van der Waals surface area contributed by atoms with Crippen LogP contribution in [0.4, 0.5) is 4.79 Å². The third kappa shape index (κ3) is 5.67. The van der Waals surface area contributed by atoms with E-state index in [9.17, 15) is 4.79 Å². The largest absolute Gasteiger partial charge is 0.493 e. The number of hydrogen-bond donors (Lipinski definition) is 2. The molecule has 0 radical (unpaired) electrons. The minimum atomic E-state index is -0.163. The number of piperidine rings is 1. The van der Waals surface area contributed by atoms with Gasteiger partial charge >= 0.3 is 6.03 Å². The van der Waals surface area contributed by atoms with Gasteiger partial charge in [0, 0.05) is 11.4 Å². The van der Waals surface area contributed by atoms with Crippen LogP contribution in [0.5, 0.6) is 11.5 Å². The van der Waals surface area contributed by atoms with Crippen LogP contribution in [-0.2, 0) is 0 Å². The minimum absolute atomic E-state index is 0.152. The Kier molecular flexibility index (Phi) is 7.99. The van der Waals surface area contributed by atoms with Gasteiger partial charge in [-0.3, -0.25) is 4.90 Å². The molecule has 1 saturated heterocycles. The molecule has 164 valence electrons. The van der Waals surface area contributed by atoms with Gasteiger partial charge in [-0.15, -0.1) is 11.3 Å². The summed E-state index contributed by atoms with van der Waals surface area (Å²) in [5, 5.41) is 8.23. The molecule has 2 unspecified atom stereocenters. The summed E-state index contributed by atoms with van der Waals surface area (Å²) in [4.78, 5) is 16.4. The SMILES string of the molecule is COc1ccc(C(C)NC(=O)NCC(c2cccs2)N2CCC(C)CC2)cc1OC. The highest BCUT2D eigenvalue weighted by Gasteiger charge is 2.26. The van der Waals surface area contributed by atoms with Gasteiger partial charge in [0.1, 0.15) is 0 Å². The first-order chi connectivity index (χ1) is 14.5. The Morgan fingerprint density at radius 2 is 1.93 bits per heavy atom. The van der Waals surface area contributed by atoms with E-state index in [1.807, 2.05) is 25.1 Å². The van der Waals surface area contributed by atoms with Crippen molar-refractivity contribution < 1.29 is 14.3 Å². The van der Waals surface area contributed by atoms with Crippen molar-refractivity contribution in [2.45, 2.75) is 38.8 Å². The molecule has 2 amide bonds. The molecule has 0 saturated carbocycles. The third-order valence-corrected chi connectivity index (χ3v) is 6.82. The van der Waals surface area contributed by atoms with Gasteiger partial charge in [0.15, 0.2) is 11.5 Å². The number of methoxy groups -OCH3 is 2. The van der Waals surface area contributed by atoms with Crippen molar-refractivity contribution in [1.29, 1.82) is 0 Å². The van der Waals surface area contributed by atoms with Crippen LogP contribution >= 0.6 is 11.3 Å². The molecular weight excluding hydrogens is 398 g/mol. The molecule has 2 heterocycles. The number of likely N-dealkylation sites (tertiary alicyclic amines) is 1. The molecule has 1 aliphatic heterocycles. The molecule has 0 spiro atoms. The zero-order chi connectivity index (χ0) is 21.5. The predicted octanol–water partition coefficient (Wildman–Crippen LogP) is 4.60. The molecule has 0 bridgehead atoms. The molecule has 1 aromatic carbocycles. The number of thiophene rings is 1. The maximum Gasteiger partial charge on any atom is 0.315 e. The lowest BCUT2D eigenvalue weighted by molar-refractivity contribution is 0.138. The zero-order valence-electron chi connectivity index (χ0n) is 18.3. The summed E-state index contributed by atoms with van der Waals surface area (Å²) >= 11 is 1.76. The average molecular weight is 432 g/mol. The third-order valence-electron chi connectivity index (χ3n) is 5.84. The molecule has 7 heteroatoms. The van der Waals surface area contributed by atoms with Crippen LogP contribution in [0.1, 0.15) is 49.2 Å². The predicted molar refractivity (Wildman–Crippen MR) is 122 cm³/mol. The van der Waals surface area contributed by atoms with E-state index in [4.69, 9.17) is 9.47 Å². The van der Waals surface area contributed by atoms with Gasteiger partial charge in [0.2, 0.25) is 0 Å². The van der Waals surface area contributed by atoms with E-state index in [1.165, 1.54) is 17.7 Å². The van der Waals surface area contributed by atoms with Crippen molar-refractivity contribution in [3.63, 3.8) is 0 Å². The molecule has 1 aliphatic rings. The Bertz CT molecular complexity index is 804. The van der Waals surface area contributed by atoms with Gasteiger partial charge in [0.05, 0.1) is 26.3 Å². The van der Waals surface area contributed by atoms with Crippen LogP contribution in [0.15, 0.2) is 35.7 Å². The fourth-order valence-electron chi connectivity index (χ4n) is 3.87. The lowest BCUT2D eigenvalue weighted by Gasteiger charge is -2.36. The summed E-state index contributed by atoms with van der Waals surface area (Å²) < 4.78 is 10.7. The van der Waals surface area contributed by atoms with Crippen LogP contribution in [0.3, 0.4) is 0 Å². The normalized spacial score (nSPS) is 17.2. The van der Waals surface area contributed by atoms with Crippen LogP contribution in [0.25, 0.3) is 0 Å². The summed E-state index contributed by atoms with van der Waals surface area (Å²) in [5.74, 6) is 2.11. The van der Waals surface area contributed by atoms with Crippen LogP contribution in [0.2, 0.25) is 0 Å². The second kappa shape index (κ2) is 10.7. The lowest BCUT2D eigenvalue weighted by Crippen LogP contribution is -2.44. The van der Waals surface area contributed by atoms with E-state index in [0.717, 1.165) is 24.6 Å². The summed E-state index contributed by atoms with van der Waals surface area (Å²) in [5.41, 5.74) is 0.961. The van der Waals surface area contributed by atoms with Crippen molar-refractivity contribution in [3.8, 4) is 11.5 Å². The summed E-state index contributed by atoms with van der Waals surface area (Å²) in [6.07, 6.45) is 2.43. The Morgan fingerprint density at radius 3 is 2.57 bits per heavy atom. The van der Waals surface area contributed by atoms with Crippen molar-refractivity contribution in [2.75, 3.05) is 33.9 Å². The van der Waals surface area contributed by atoms with E-state index in [1.54, 1.807) is 25.6 Å². The van der Waals surface area contributed by atoms with Crippen molar-refractivity contribution in [1.82, 2.24) is 15.5 Å². The highest BCUT2D eigenvalue weighted by Crippen LogP contribution is 2.30. The van der Waals surface area contributed by atoms with Crippen LogP contribution in [-0.4, -0.2) is 44.8 Å². The van der Waals surface area contributed by atoms with Crippen molar-refractivity contribution >= 4 is 17.4 Å². The van der Waals surface area contributed by atoms with Crippen molar-refractivity contribution in [3.05, 3.63) is 46.2 Å². The average Bonchev–Trinajstić information content (AvgIpc) is 3.29. The van der Waals surface area contributed by atoms with E-state index >= 15 is 0 Å².